The molecule has 0 bridgehead atoms. The van der Waals surface area contributed by atoms with Gasteiger partial charge in [0.25, 0.3) is 0 Å². The van der Waals surface area contributed by atoms with Crippen LogP contribution in [0.5, 0.6) is 0 Å². The van der Waals surface area contributed by atoms with Crippen molar-refractivity contribution in [3.63, 3.8) is 0 Å². The monoisotopic (exact) mass is 396 g/mol. The zero-order chi connectivity index (χ0) is 21.8. The van der Waals surface area contributed by atoms with Gasteiger partial charge in [0, 0.05) is 11.1 Å². The third-order valence-electron chi connectivity index (χ3n) is 4.70. The van der Waals surface area contributed by atoms with Gasteiger partial charge in [-0.1, -0.05) is 98.1 Å². The molecule has 0 aliphatic heterocycles. The largest absolute Gasteiger partial charge is 0.466 e. The molecule has 0 saturated carbocycles. The van der Waals surface area contributed by atoms with E-state index >= 15 is 0 Å². The van der Waals surface area contributed by atoms with Gasteiger partial charge in [0.15, 0.2) is 0 Å². The number of ether oxygens (including phenoxy) is 2. The Morgan fingerprint density at radius 3 is 1.43 bits per heavy atom. The molecule has 0 rings (SSSR count). The first-order valence-corrected chi connectivity index (χ1v) is 10.8. The van der Waals surface area contributed by atoms with Crippen molar-refractivity contribution in [3.8, 4) is 0 Å². The van der Waals surface area contributed by atoms with E-state index in [-0.39, 0.29) is 17.9 Å². The van der Waals surface area contributed by atoms with Gasteiger partial charge in [-0.2, -0.15) is 0 Å². The first kappa shape index (κ1) is 28.6. The summed E-state index contributed by atoms with van der Waals surface area (Å²) in [5.74, 6) is -0.394. The molecule has 0 unspecified atom stereocenters. The Balaban J connectivity index is 0. The van der Waals surface area contributed by atoms with E-state index in [1.165, 1.54) is 78.4 Å². The molecule has 0 aliphatic rings. The summed E-state index contributed by atoms with van der Waals surface area (Å²) >= 11 is 0. The SMILES string of the molecule is C=C(C(=O)OC)C(C)C.C=C(CCCCCCCCCCCCC)C(=O)OC. The van der Waals surface area contributed by atoms with Crippen LogP contribution in [-0.2, 0) is 19.1 Å². The minimum atomic E-state index is -0.315. The number of carbonyl (C=O) groups is 2. The average molecular weight is 397 g/mol. The van der Waals surface area contributed by atoms with Gasteiger partial charge < -0.3 is 9.47 Å². The van der Waals surface area contributed by atoms with Crippen LogP contribution in [0.2, 0.25) is 0 Å². The van der Waals surface area contributed by atoms with Gasteiger partial charge in [-0.15, -0.1) is 0 Å². The van der Waals surface area contributed by atoms with E-state index in [9.17, 15) is 9.59 Å². The standard InChI is InChI=1S/C17H32O2.C7H12O2/c1-4-5-6-7-8-9-10-11-12-13-14-15-16(2)17(18)19-3;1-5(2)6(3)7(8)9-4/h2,4-15H2,1,3H3;5H,3H2,1-2,4H3. The highest BCUT2D eigenvalue weighted by molar-refractivity contribution is 5.88. The van der Waals surface area contributed by atoms with Crippen molar-refractivity contribution in [2.24, 2.45) is 5.92 Å². The Morgan fingerprint density at radius 2 is 1.11 bits per heavy atom. The third kappa shape index (κ3) is 17.8. The second kappa shape index (κ2) is 20.2. The molecule has 4 heteroatoms. The molecule has 0 spiro atoms. The van der Waals surface area contributed by atoms with Crippen LogP contribution >= 0.6 is 0 Å². The van der Waals surface area contributed by atoms with Crippen molar-refractivity contribution in [1.29, 1.82) is 0 Å². The first-order valence-electron chi connectivity index (χ1n) is 10.8. The summed E-state index contributed by atoms with van der Waals surface area (Å²) in [6.07, 6.45) is 15.4. The molecule has 0 aromatic heterocycles. The van der Waals surface area contributed by atoms with Gasteiger partial charge in [-0.25, -0.2) is 9.59 Å². The zero-order valence-corrected chi connectivity index (χ0v) is 19.1. The van der Waals surface area contributed by atoms with E-state index in [0.717, 1.165) is 12.8 Å². The van der Waals surface area contributed by atoms with Crippen LogP contribution in [0.4, 0.5) is 0 Å². The van der Waals surface area contributed by atoms with Gasteiger partial charge >= 0.3 is 11.9 Å². The number of carbonyl (C=O) groups excluding carboxylic acids is 2. The molecule has 0 saturated heterocycles. The lowest BCUT2D eigenvalue weighted by Gasteiger charge is -2.04. The van der Waals surface area contributed by atoms with Crippen molar-refractivity contribution in [2.75, 3.05) is 14.2 Å². The Hall–Kier alpha value is -1.58. The molecule has 0 aliphatic carbocycles. The maximum Gasteiger partial charge on any atom is 0.333 e. The minimum absolute atomic E-state index is 0.178. The highest BCUT2D eigenvalue weighted by Gasteiger charge is 2.09. The highest BCUT2D eigenvalue weighted by Crippen LogP contribution is 2.13. The quantitative estimate of drug-likeness (QED) is 0.174. The Labute approximate surface area is 173 Å². The van der Waals surface area contributed by atoms with Gasteiger partial charge in [0.2, 0.25) is 0 Å². The van der Waals surface area contributed by atoms with Crippen molar-refractivity contribution < 1.29 is 19.1 Å². The van der Waals surface area contributed by atoms with Crippen molar-refractivity contribution in [1.82, 2.24) is 0 Å². The maximum absolute atomic E-state index is 11.1. The van der Waals surface area contributed by atoms with E-state index in [4.69, 9.17) is 0 Å². The highest BCUT2D eigenvalue weighted by atomic mass is 16.5. The summed E-state index contributed by atoms with van der Waals surface area (Å²) in [4.78, 5) is 21.7. The lowest BCUT2D eigenvalue weighted by molar-refractivity contribution is -0.137. The van der Waals surface area contributed by atoms with Gasteiger partial charge in [0.1, 0.15) is 0 Å². The summed E-state index contributed by atoms with van der Waals surface area (Å²) in [5, 5.41) is 0. The van der Waals surface area contributed by atoms with Crippen LogP contribution in [0, 0.1) is 5.92 Å². The topological polar surface area (TPSA) is 52.6 Å². The summed E-state index contributed by atoms with van der Waals surface area (Å²) in [7, 11) is 2.77. The average Bonchev–Trinajstić information content (AvgIpc) is 2.70. The number of methoxy groups -OCH3 is 2. The molecule has 0 N–H and O–H groups in total. The van der Waals surface area contributed by atoms with Gasteiger partial charge in [-0.3, -0.25) is 0 Å². The molecule has 0 amide bonds. The molecule has 0 heterocycles. The molecule has 0 aromatic rings. The fourth-order valence-electron chi connectivity index (χ4n) is 2.62. The number of hydrogen-bond donors (Lipinski definition) is 0. The second-order valence-corrected chi connectivity index (χ2v) is 7.55. The van der Waals surface area contributed by atoms with Crippen LogP contribution in [0.25, 0.3) is 0 Å². The number of unbranched alkanes of at least 4 members (excludes halogenated alkanes) is 10. The van der Waals surface area contributed by atoms with E-state index in [1.54, 1.807) is 0 Å². The fourth-order valence-corrected chi connectivity index (χ4v) is 2.62. The minimum Gasteiger partial charge on any atom is -0.466 e. The van der Waals surface area contributed by atoms with E-state index < -0.39 is 0 Å². The van der Waals surface area contributed by atoms with Gasteiger partial charge in [0.05, 0.1) is 14.2 Å². The molecular weight excluding hydrogens is 352 g/mol. The van der Waals surface area contributed by atoms with Crippen LogP contribution < -0.4 is 0 Å². The molecule has 164 valence electrons. The summed E-state index contributed by atoms with van der Waals surface area (Å²) < 4.78 is 9.06. The lowest BCUT2D eigenvalue weighted by atomic mass is 10.0. The molecular formula is C24H44O4. The first-order chi connectivity index (χ1) is 13.3. The van der Waals surface area contributed by atoms with E-state index in [0.29, 0.717) is 11.1 Å². The van der Waals surface area contributed by atoms with Crippen molar-refractivity contribution in [3.05, 3.63) is 24.3 Å². The van der Waals surface area contributed by atoms with E-state index in [2.05, 4.69) is 29.6 Å². The zero-order valence-electron chi connectivity index (χ0n) is 19.1. The maximum atomic E-state index is 11.1. The lowest BCUT2D eigenvalue weighted by Crippen LogP contribution is -2.08. The van der Waals surface area contributed by atoms with Crippen LogP contribution in [0.1, 0.15) is 97.8 Å². The van der Waals surface area contributed by atoms with Crippen LogP contribution in [0.3, 0.4) is 0 Å². The smallest absolute Gasteiger partial charge is 0.333 e. The van der Waals surface area contributed by atoms with Gasteiger partial charge in [-0.05, 0) is 18.8 Å². The summed E-state index contributed by atoms with van der Waals surface area (Å²) in [6, 6.07) is 0. The molecule has 0 atom stereocenters. The van der Waals surface area contributed by atoms with Crippen LogP contribution in [-0.4, -0.2) is 26.2 Å². The molecule has 4 nitrogen and oxygen atoms in total. The predicted octanol–water partition coefficient (Wildman–Crippen LogP) is 6.79. The summed E-state index contributed by atoms with van der Waals surface area (Å²) in [6.45, 7) is 13.3. The normalized spacial score (nSPS) is 10.1. The Bertz CT molecular complexity index is 438. The van der Waals surface area contributed by atoms with E-state index in [1.807, 2.05) is 13.8 Å². The van der Waals surface area contributed by atoms with Crippen molar-refractivity contribution in [2.45, 2.75) is 97.8 Å². The molecule has 0 radical (unpaired) electrons. The number of rotatable bonds is 15. The molecule has 0 aromatic carbocycles. The third-order valence-corrected chi connectivity index (χ3v) is 4.70. The fraction of sp³-hybridized carbons (Fsp3) is 0.750. The molecule has 0 fully saturated rings. The Kier molecular flexibility index (Phi) is 20.6. The van der Waals surface area contributed by atoms with Crippen molar-refractivity contribution >= 4 is 11.9 Å². The molecule has 28 heavy (non-hydrogen) atoms. The number of hydrogen-bond acceptors (Lipinski definition) is 4. The van der Waals surface area contributed by atoms with Crippen LogP contribution in [0.15, 0.2) is 24.3 Å². The summed E-state index contributed by atoms with van der Waals surface area (Å²) in [5.41, 5.74) is 1.14. The second-order valence-electron chi connectivity index (χ2n) is 7.55. The predicted molar refractivity (Wildman–Crippen MR) is 118 cm³/mol. The Morgan fingerprint density at radius 1 is 0.714 bits per heavy atom. The number of esters is 2.